The zero-order valence-corrected chi connectivity index (χ0v) is 11.6. The maximum Gasteiger partial charge on any atom is 0.323 e. The molecule has 4 nitrogen and oxygen atoms in total. The van der Waals surface area contributed by atoms with Crippen LogP contribution in [0.4, 0.5) is 0 Å². The van der Waals surface area contributed by atoms with Gasteiger partial charge < -0.3 is 15.6 Å². The Balaban J connectivity index is 1.70. The predicted octanol–water partition coefficient (Wildman–Crippen LogP) is 2.28. The number of rotatable bonds is 3. The molecule has 0 amide bonds. The number of carbonyl (C=O) groups is 1. The Morgan fingerprint density at radius 1 is 1.30 bits per heavy atom. The van der Waals surface area contributed by atoms with Crippen molar-refractivity contribution in [3.8, 4) is 5.75 Å². The zero-order valence-electron chi connectivity index (χ0n) is 11.6. The van der Waals surface area contributed by atoms with E-state index in [0.29, 0.717) is 12.8 Å². The molecule has 0 bridgehead atoms. The number of carboxylic acid groups (broad SMARTS) is 1. The summed E-state index contributed by atoms with van der Waals surface area (Å²) in [5.41, 5.74) is 7.62. The molecule has 0 aliphatic heterocycles. The van der Waals surface area contributed by atoms with Gasteiger partial charge in [-0.3, -0.25) is 4.79 Å². The second-order valence-corrected chi connectivity index (χ2v) is 6.08. The van der Waals surface area contributed by atoms with E-state index in [2.05, 4.69) is 12.1 Å². The maximum absolute atomic E-state index is 11.2. The minimum atomic E-state index is -1.13. The first-order chi connectivity index (χ1) is 9.57. The summed E-state index contributed by atoms with van der Waals surface area (Å²) in [5, 5.41) is 9.23. The molecule has 4 heteroatoms. The van der Waals surface area contributed by atoms with Crippen LogP contribution in [0.5, 0.6) is 5.75 Å². The summed E-state index contributed by atoms with van der Waals surface area (Å²) < 4.78 is 5.98. The minimum Gasteiger partial charge on any atom is -0.490 e. The van der Waals surface area contributed by atoms with E-state index in [9.17, 15) is 9.90 Å². The van der Waals surface area contributed by atoms with Crippen LogP contribution in [0.15, 0.2) is 18.2 Å². The Hall–Kier alpha value is -1.55. The van der Waals surface area contributed by atoms with E-state index in [1.165, 1.54) is 17.5 Å². The fraction of sp³-hybridized carbons (Fsp3) is 0.562. The SMILES string of the molecule is NC1(C(=O)O)CCCC(Oc2ccc3c(c2)CCC3)C1. The van der Waals surface area contributed by atoms with Crippen molar-refractivity contribution >= 4 is 5.97 Å². The zero-order chi connectivity index (χ0) is 14.2. The van der Waals surface area contributed by atoms with Gasteiger partial charge in [-0.1, -0.05) is 6.07 Å². The fourth-order valence-corrected chi connectivity index (χ4v) is 3.36. The molecule has 1 fully saturated rings. The lowest BCUT2D eigenvalue weighted by Crippen LogP contribution is -2.53. The minimum absolute atomic E-state index is 0.0932. The van der Waals surface area contributed by atoms with Crippen LogP contribution in [0, 0.1) is 0 Å². The van der Waals surface area contributed by atoms with Gasteiger partial charge in [-0.15, -0.1) is 0 Å². The third-order valence-corrected chi connectivity index (χ3v) is 4.54. The number of nitrogens with two attached hydrogens (primary N) is 1. The van der Waals surface area contributed by atoms with Gasteiger partial charge in [-0.05, 0) is 61.8 Å². The van der Waals surface area contributed by atoms with Crippen LogP contribution in [0.3, 0.4) is 0 Å². The van der Waals surface area contributed by atoms with Gasteiger partial charge in [-0.2, -0.15) is 0 Å². The van der Waals surface area contributed by atoms with Gasteiger partial charge in [0.15, 0.2) is 0 Å². The van der Waals surface area contributed by atoms with Crippen molar-refractivity contribution < 1.29 is 14.6 Å². The molecule has 2 aliphatic carbocycles. The first-order valence-electron chi connectivity index (χ1n) is 7.37. The molecule has 1 saturated carbocycles. The van der Waals surface area contributed by atoms with E-state index in [1.807, 2.05) is 6.07 Å². The van der Waals surface area contributed by atoms with Gasteiger partial charge in [-0.25, -0.2) is 0 Å². The quantitative estimate of drug-likeness (QED) is 0.887. The van der Waals surface area contributed by atoms with E-state index >= 15 is 0 Å². The number of carboxylic acids is 1. The van der Waals surface area contributed by atoms with Crippen molar-refractivity contribution in [1.29, 1.82) is 0 Å². The molecular weight excluding hydrogens is 254 g/mol. The molecule has 0 aromatic heterocycles. The van der Waals surface area contributed by atoms with Gasteiger partial charge in [0, 0.05) is 6.42 Å². The van der Waals surface area contributed by atoms with Gasteiger partial charge in [0.1, 0.15) is 17.4 Å². The first kappa shape index (κ1) is 13.4. The molecule has 1 aromatic rings. The number of hydrogen-bond acceptors (Lipinski definition) is 3. The molecule has 0 spiro atoms. The number of aryl methyl sites for hydroxylation is 2. The predicted molar refractivity (Wildman–Crippen MR) is 75.9 cm³/mol. The Morgan fingerprint density at radius 3 is 2.90 bits per heavy atom. The standard InChI is InChI=1S/C16H21NO3/c17-16(15(18)19)8-2-5-14(10-16)20-13-7-6-11-3-1-4-12(11)9-13/h6-7,9,14H,1-5,8,10,17H2,(H,18,19). The van der Waals surface area contributed by atoms with Crippen molar-refractivity contribution in [3.63, 3.8) is 0 Å². The van der Waals surface area contributed by atoms with Crippen LogP contribution in [-0.2, 0) is 17.6 Å². The second-order valence-electron chi connectivity index (χ2n) is 6.08. The van der Waals surface area contributed by atoms with E-state index in [1.54, 1.807) is 0 Å². The maximum atomic E-state index is 11.2. The highest BCUT2D eigenvalue weighted by atomic mass is 16.5. The smallest absolute Gasteiger partial charge is 0.323 e. The molecule has 2 atom stereocenters. The van der Waals surface area contributed by atoms with Crippen molar-refractivity contribution in [2.24, 2.45) is 5.73 Å². The van der Waals surface area contributed by atoms with Crippen LogP contribution in [0.2, 0.25) is 0 Å². The van der Waals surface area contributed by atoms with Gasteiger partial charge in [0.25, 0.3) is 0 Å². The molecular formula is C16H21NO3. The Bertz CT molecular complexity index is 528. The Kier molecular flexibility index (Phi) is 3.42. The third-order valence-electron chi connectivity index (χ3n) is 4.54. The first-order valence-corrected chi connectivity index (χ1v) is 7.37. The molecule has 20 heavy (non-hydrogen) atoms. The lowest BCUT2D eigenvalue weighted by molar-refractivity contribution is -0.145. The number of hydrogen-bond donors (Lipinski definition) is 2. The largest absolute Gasteiger partial charge is 0.490 e. The summed E-state index contributed by atoms with van der Waals surface area (Å²) in [6.07, 6.45) is 6.00. The molecule has 0 saturated heterocycles. The molecule has 3 rings (SSSR count). The van der Waals surface area contributed by atoms with Gasteiger partial charge in [0.2, 0.25) is 0 Å². The fourth-order valence-electron chi connectivity index (χ4n) is 3.36. The highest BCUT2D eigenvalue weighted by Gasteiger charge is 2.40. The lowest BCUT2D eigenvalue weighted by atomic mass is 9.81. The van der Waals surface area contributed by atoms with Gasteiger partial charge in [0.05, 0.1) is 0 Å². The summed E-state index contributed by atoms with van der Waals surface area (Å²) in [6, 6.07) is 6.24. The van der Waals surface area contributed by atoms with E-state index in [4.69, 9.17) is 10.5 Å². The van der Waals surface area contributed by atoms with Crippen molar-refractivity contribution in [3.05, 3.63) is 29.3 Å². The number of aliphatic carboxylic acids is 1. The van der Waals surface area contributed by atoms with Crippen LogP contribution in [0.1, 0.15) is 43.2 Å². The summed E-state index contributed by atoms with van der Waals surface area (Å²) in [4.78, 5) is 11.2. The third kappa shape index (κ3) is 2.52. The number of ether oxygens (including phenoxy) is 1. The monoisotopic (exact) mass is 275 g/mol. The van der Waals surface area contributed by atoms with E-state index in [-0.39, 0.29) is 6.10 Å². The summed E-state index contributed by atoms with van der Waals surface area (Å²) in [5.74, 6) is -0.0648. The normalized spacial score (nSPS) is 28.9. The molecule has 0 heterocycles. The molecule has 2 aliphatic rings. The summed E-state index contributed by atoms with van der Waals surface area (Å²) >= 11 is 0. The molecule has 2 unspecified atom stereocenters. The van der Waals surface area contributed by atoms with E-state index < -0.39 is 11.5 Å². The Labute approximate surface area is 118 Å². The van der Waals surface area contributed by atoms with Crippen LogP contribution in [0.25, 0.3) is 0 Å². The molecule has 3 N–H and O–H groups in total. The van der Waals surface area contributed by atoms with Crippen molar-refractivity contribution in [2.45, 2.75) is 56.6 Å². The highest BCUT2D eigenvalue weighted by molar-refractivity contribution is 5.78. The second kappa shape index (κ2) is 5.09. The number of benzene rings is 1. The average Bonchev–Trinajstić information content (AvgIpc) is 2.86. The van der Waals surface area contributed by atoms with Crippen LogP contribution in [-0.4, -0.2) is 22.7 Å². The van der Waals surface area contributed by atoms with Gasteiger partial charge >= 0.3 is 5.97 Å². The lowest BCUT2D eigenvalue weighted by Gasteiger charge is -2.34. The topological polar surface area (TPSA) is 72.6 Å². The Morgan fingerprint density at radius 2 is 2.10 bits per heavy atom. The molecule has 1 aromatic carbocycles. The van der Waals surface area contributed by atoms with Crippen LogP contribution < -0.4 is 10.5 Å². The highest BCUT2D eigenvalue weighted by Crippen LogP contribution is 2.31. The van der Waals surface area contributed by atoms with Crippen molar-refractivity contribution in [2.75, 3.05) is 0 Å². The molecule has 0 radical (unpaired) electrons. The number of fused-ring (bicyclic) bond motifs is 1. The summed E-state index contributed by atoms with van der Waals surface area (Å²) in [6.45, 7) is 0. The van der Waals surface area contributed by atoms with E-state index in [0.717, 1.165) is 31.4 Å². The molecule has 108 valence electrons. The summed E-state index contributed by atoms with van der Waals surface area (Å²) in [7, 11) is 0. The van der Waals surface area contributed by atoms with Crippen molar-refractivity contribution in [1.82, 2.24) is 0 Å². The average molecular weight is 275 g/mol. The van der Waals surface area contributed by atoms with Crippen LogP contribution >= 0.6 is 0 Å².